The molecule has 1 fully saturated rings. The summed E-state index contributed by atoms with van der Waals surface area (Å²) < 4.78 is 37.0. The molecule has 3 heteroatoms. The number of hydrogen-bond acceptors (Lipinski definition) is 3. The maximum absolute atomic E-state index is 9.24. The van der Waals surface area contributed by atoms with Crippen molar-refractivity contribution in [3.8, 4) is 45.3 Å². The van der Waals surface area contributed by atoms with Crippen LogP contribution in [0.4, 0.5) is 0 Å². The predicted octanol–water partition coefficient (Wildman–Crippen LogP) is 8.10. The van der Waals surface area contributed by atoms with E-state index in [1.807, 2.05) is 103 Å². The standard InChI is InChI=1S/C33H27N3/c1-4-12-23(13-5-1)30-34-31(24-14-6-2-7-15-24)36-32(35-30)25-18-19-27-26-16-8-9-17-28(26)33(29(27)22-25)20-10-3-11-21-33/h1-2,4-9,12-19,22H,3,10-11,20-21H2/i20D2,21D2. The molecule has 0 unspecified atom stereocenters. The summed E-state index contributed by atoms with van der Waals surface area (Å²) in [6.45, 7) is 0. The first-order valence-corrected chi connectivity index (χ1v) is 12.4. The second kappa shape index (κ2) is 8.53. The average Bonchev–Trinajstić information content (AvgIpc) is 3.29. The molecule has 36 heavy (non-hydrogen) atoms. The maximum atomic E-state index is 9.24. The molecular formula is C33H27N3. The van der Waals surface area contributed by atoms with Crippen LogP contribution < -0.4 is 0 Å². The molecule has 2 aliphatic rings. The summed E-state index contributed by atoms with van der Waals surface area (Å²) in [5.74, 6) is 1.57. The molecule has 2 aliphatic carbocycles. The van der Waals surface area contributed by atoms with Gasteiger partial charge in [0.1, 0.15) is 0 Å². The highest BCUT2D eigenvalue weighted by Crippen LogP contribution is 2.56. The molecule has 0 aliphatic heterocycles. The van der Waals surface area contributed by atoms with Gasteiger partial charge in [-0.2, -0.15) is 0 Å². The number of fused-ring (bicyclic) bond motifs is 5. The largest absolute Gasteiger partial charge is 0.208 e. The van der Waals surface area contributed by atoms with Crippen LogP contribution >= 0.6 is 0 Å². The van der Waals surface area contributed by atoms with Crippen LogP contribution in [0.3, 0.4) is 0 Å². The minimum Gasteiger partial charge on any atom is -0.208 e. The molecule has 1 saturated carbocycles. The molecule has 0 radical (unpaired) electrons. The molecule has 4 aromatic carbocycles. The smallest absolute Gasteiger partial charge is 0.164 e. The van der Waals surface area contributed by atoms with Crippen molar-refractivity contribution >= 4 is 0 Å². The lowest BCUT2D eigenvalue weighted by Crippen LogP contribution is -2.28. The first-order chi connectivity index (χ1) is 19.3. The number of hydrogen-bond donors (Lipinski definition) is 0. The van der Waals surface area contributed by atoms with E-state index in [-0.39, 0.29) is 0 Å². The Morgan fingerprint density at radius 3 is 1.67 bits per heavy atom. The van der Waals surface area contributed by atoms with Crippen LogP contribution in [-0.2, 0) is 5.41 Å². The van der Waals surface area contributed by atoms with Crippen molar-refractivity contribution in [2.75, 3.05) is 0 Å². The van der Waals surface area contributed by atoms with Crippen molar-refractivity contribution in [3.05, 3.63) is 114 Å². The Bertz CT molecular complexity index is 1660. The third kappa shape index (κ3) is 3.38. The molecule has 0 saturated heterocycles. The third-order valence-electron chi connectivity index (χ3n) is 7.14. The summed E-state index contributed by atoms with van der Waals surface area (Å²) in [4.78, 5) is 14.5. The molecule has 1 heterocycles. The summed E-state index contributed by atoms with van der Waals surface area (Å²) in [6, 6.07) is 33.1. The van der Waals surface area contributed by atoms with Gasteiger partial charge in [0.15, 0.2) is 17.5 Å². The van der Waals surface area contributed by atoms with E-state index >= 15 is 0 Å². The van der Waals surface area contributed by atoms with E-state index in [1.54, 1.807) is 0 Å². The van der Waals surface area contributed by atoms with Gasteiger partial charge in [0.2, 0.25) is 0 Å². The second-order valence-corrected chi connectivity index (χ2v) is 9.30. The molecule has 174 valence electrons. The summed E-state index contributed by atoms with van der Waals surface area (Å²) in [6.07, 6.45) is -2.46. The van der Waals surface area contributed by atoms with Crippen LogP contribution in [0.1, 0.15) is 48.6 Å². The fourth-order valence-corrected chi connectivity index (χ4v) is 5.44. The van der Waals surface area contributed by atoms with Gasteiger partial charge in [-0.15, -0.1) is 0 Å². The Labute approximate surface area is 217 Å². The van der Waals surface area contributed by atoms with Crippen LogP contribution in [0.25, 0.3) is 45.3 Å². The summed E-state index contributed by atoms with van der Waals surface area (Å²) >= 11 is 0. The monoisotopic (exact) mass is 469 g/mol. The van der Waals surface area contributed by atoms with E-state index in [1.165, 1.54) is 0 Å². The summed E-state index contributed by atoms with van der Waals surface area (Å²) in [7, 11) is 0. The predicted molar refractivity (Wildman–Crippen MR) is 145 cm³/mol. The van der Waals surface area contributed by atoms with E-state index < -0.39 is 18.2 Å². The van der Waals surface area contributed by atoms with E-state index in [0.29, 0.717) is 47.9 Å². The van der Waals surface area contributed by atoms with E-state index in [2.05, 4.69) is 0 Å². The SMILES string of the molecule is [2H]C1([2H])CCCC([2H])([2H])C12c1ccccc1-c1ccc(-c3nc(-c4ccccc4)nc(-c4ccccc4)n3)cc12. The first kappa shape index (κ1) is 17.3. The zero-order chi connectivity index (χ0) is 27.5. The highest BCUT2D eigenvalue weighted by molar-refractivity contribution is 5.83. The van der Waals surface area contributed by atoms with E-state index in [4.69, 9.17) is 15.0 Å². The fraction of sp³-hybridized carbons (Fsp3) is 0.182. The van der Waals surface area contributed by atoms with Gasteiger partial charge in [0.05, 0.1) is 0 Å². The van der Waals surface area contributed by atoms with Crippen LogP contribution in [0.15, 0.2) is 103 Å². The molecule has 0 N–H and O–H groups in total. The molecule has 5 aromatic rings. The molecule has 0 amide bonds. The van der Waals surface area contributed by atoms with Crippen molar-refractivity contribution in [1.82, 2.24) is 15.0 Å². The lowest BCUT2D eigenvalue weighted by Gasteiger charge is -2.36. The van der Waals surface area contributed by atoms with Crippen molar-refractivity contribution in [2.24, 2.45) is 0 Å². The topological polar surface area (TPSA) is 38.7 Å². The Kier molecular flexibility index (Phi) is 4.11. The molecule has 0 atom stereocenters. The number of benzene rings is 4. The molecule has 0 bridgehead atoms. The molecule has 1 aromatic heterocycles. The van der Waals surface area contributed by atoms with Crippen LogP contribution in [-0.4, -0.2) is 15.0 Å². The molecule has 3 nitrogen and oxygen atoms in total. The van der Waals surface area contributed by atoms with Crippen molar-refractivity contribution in [3.63, 3.8) is 0 Å². The second-order valence-electron chi connectivity index (χ2n) is 9.30. The Morgan fingerprint density at radius 1 is 0.500 bits per heavy atom. The Balaban J connectivity index is 1.48. The maximum Gasteiger partial charge on any atom is 0.164 e. The number of nitrogens with zero attached hydrogens (tertiary/aromatic N) is 3. The zero-order valence-corrected chi connectivity index (χ0v) is 19.8. The van der Waals surface area contributed by atoms with Gasteiger partial charge in [0.25, 0.3) is 0 Å². The summed E-state index contributed by atoms with van der Waals surface area (Å²) in [5.41, 5.74) is 4.17. The van der Waals surface area contributed by atoms with Crippen LogP contribution in [0.5, 0.6) is 0 Å². The fourth-order valence-electron chi connectivity index (χ4n) is 5.44. The van der Waals surface area contributed by atoms with Gasteiger partial charge in [-0.3, -0.25) is 0 Å². The quantitative estimate of drug-likeness (QED) is 0.268. The van der Waals surface area contributed by atoms with Crippen molar-refractivity contribution < 1.29 is 5.48 Å². The number of aromatic nitrogens is 3. The normalized spacial score (nSPS) is 19.9. The highest BCUT2D eigenvalue weighted by atomic mass is 15.0. The van der Waals surface area contributed by atoms with Gasteiger partial charge in [0, 0.05) is 27.6 Å². The van der Waals surface area contributed by atoms with Gasteiger partial charge >= 0.3 is 0 Å². The Hall–Kier alpha value is -4.11. The van der Waals surface area contributed by atoms with Gasteiger partial charge in [-0.25, -0.2) is 15.0 Å². The van der Waals surface area contributed by atoms with Crippen LogP contribution in [0.2, 0.25) is 0 Å². The minimum atomic E-state index is -1.78. The van der Waals surface area contributed by atoms with Crippen molar-refractivity contribution in [1.29, 1.82) is 0 Å². The Morgan fingerprint density at radius 2 is 1.03 bits per heavy atom. The van der Waals surface area contributed by atoms with Crippen LogP contribution in [0, 0.1) is 0 Å². The van der Waals surface area contributed by atoms with E-state index in [9.17, 15) is 5.48 Å². The lowest BCUT2D eigenvalue weighted by molar-refractivity contribution is 0.353. The first-order valence-electron chi connectivity index (χ1n) is 14.4. The summed E-state index contributed by atoms with van der Waals surface area (Å²) in [5, 5.41) is 0. The lowest BCUT2D eigenvalue weighted by atomic mass is 9.67. The molecular weight excluding hydrogens is 438 g/mol. The minimum absolute atomic E-state index is 0.298. The van der Waals surface area contributed by atoms with Gasteiger partial charge in [-0.1, -0.05) is 116 Å². The number of rotatable bonds is 3. The van der Waals surface area contributed by atoms with Crippen molar-refractivity contribution in [2.45, 2.75) is 37.4 Å². The van der Waals surface area contributed by atoms with E-state index in [0.717, 1.165) is 27.8 Å². The third-order valence-corrected chi connectivity index (χ3v) is 7.14. The average molecular weight is 470 g/mol. The zero-order valence-electron chi connectivity index (χ0n) is 23.8. The molecule has 1 spiro atoms. The molecule has 7 rings (SSSR count). The highest BCUT2D eigenvalue weighted by Gasteiger charge is 2.43. The van der Waals surface area contributed by atoms with Gasteiger partial charge < -0.3 is 0 Å². The van der Waals surface area contributed by atoms with Gasteiger partial charge in [-0.05, 0) is 41.1 Å².